The largest absolute Gasteiger partial charge is 0.545 e. The van der Waals surface area contributed by atoms with Gasteiger partial charge in [-0.3, -0.25) is 0 Å². The molecular formula is C27H45NO2. The summed E-state index contributed by atoms with van der Waals surface area (Å²) in [5.41, 5.74) is 1.52. The molecule has 1 rings (SSSR count). The van der Waals surface area contributed by atoms with Crippen molar-refractivity contribution < 1.29 is 14.4 Å². The van der Waals surface area contributed by atoms with Crippen LogP contribution in [0.4, 0.5) is 0 Å². The molecule has 0 fully saturated rings. The number of unbranched alkanes of at least 4 members (excludes halogenated alkanes) is 10. The van der Waals surface area contributed by atoms with E-state index in [0.29, 0.717) is 0 Å². The van der Waals surface area contributed by atoms with Crippen LogP contribution in [0.5, 0.6) is 0 Å². The minimum Gasteiger partial charge on any atom is -0.545 e. The Labute approximate surface area is 186 Å². The Morgan fingerprint density at radius 2 is 1.33 bits per heavy atom. The second kappa shape index (κ2) is 17.9. The summed E-state index contributed by atoms with van der Waals surface area (Å²) in [4.78, 5) is 9.49. The second-order valence-corrected chi connectivity index (χ2v) is 8.98. The van der Waals surface area contributed by atoms with Crippen molar-refractivity contribution in [1.29, 1.82) is 0 Å². The number of carboxylic acids is 1. The van der Waals surface area contributed by atoms with E-state index in [4.69, 9.17) is 0 Å². The Bertz CT molecular complexity index is 566. The highest BCUT2D eigenvalue weighted by Crippen LogP contribution is 2.14. The summed E-state index contributed by atoms with van der Waals surface area (Å²) >= 11 is 0. The molecule has 0 saturated heterocycles. The van der Waals surface area contributed by atoms with Crippen LogP contribution in [-0.2, 0) is 11.3 Å². The van der Waals surface area contributed by atoms with Gasteiger partial charge in [-0.25, -0.2) is 0 Å². The molecule has 1 aromatic rings. The number of carbonyl (C=O) groups excluding carboxylic acids is 1. The first kappa shape index (κ1) is 28.1. The molecule has 0 aliphatic rings. The quantitative estimate of drug-likeness (QED) is 0.143. The van der Waals surface area contributed by atoms with E-state index in [9.17, 15) is 9.90 Å². The van der Waals surface area contributed by atoms with Gasteiger partial charge in [0.1, 0.15) is 6.54 Å². The fraction of sp³-hybridized carbons (Fsp3) is 0.593. The van der Waals surface area contributed by atoms with E-state index in [1.165, 1.54) is 89.7 Å². The van der Waals surface area contributed by atoms with Gasteiger partial charge in [-0.1, -0.05) is 87.9 Å². The van der Waals surface area contributed by atoms with Crippen molar-refractivity contribution in [2.24, 2.45) is 0 Å². The average Bonchev–Trinajstić information content (AvgIpc) is 2.69. The van der Waals surface area contributed by atoms with Gasteiger partial charge < -0.3 is 14.4 Å². The number of benzene rings is 1. The van der Waals surface area contributed by atoms with Crippen LogP contribution in [0.15, 0.2) is 55.1 Å². The molecule has 0 N–H and O–H groups in total. The molecule has 0 unspecified atom stereocenters. The third-order valence-electron chi connectivity index (χ3n) is 5.22. The van der Waals surface area contributed by atoms with Gasteiger partial charge in [0.25, 0.3) is 0 Å². The van der Waals surface area contributed by atoms with E-state index in [1.54, 1.807) is 0 Å². The predicted octanol–water partition coefficient (Wildman–Crippen LogP) is 6.05. The zero-order valence-corrected chi connectivity index (χ0v) is 19.8. The number of nitrogens with zero attached hydrogens (tertiary/aromatic N) is 1. The van der Waals surface area contributed by atoms with E-state index in [-0.39, 0.29) is 5.57 Å². The van der Waals surface area contributed by atoms with Crippen molar-refractivity contribution in [3.8, 4) is 0 Å². The van der Waals surface area contributed by atoms with Gasteiger partial charge in [0.15, 0.2) is 0 Å². The van der Waals surface area contributed by atoms with E-state index < -0.39 is 5.97 Å². The Morgan fingerprint density at radius 1 is 0.900 bits per heavy atom. The highest BCUT2D eigenvalue weighted by molar-refractivity contribution is 5.82. The number of rotatable bonds is 16. The van der Waals surface area contributed by atoms with Crippen molar-refractivity contribution in [3.05, 3.63) is 60.7 Å². The maximum Gasteiger partial charge on any atom is 0.104 e. The summed E-state index contributed by atoms with van der Waals surface area (Å²) in [5, 5.41) is 9.49. The van der Waals surface area contributed by atoms with Gasteiger partial charge >= 0.3 is 0 Å². The van der Waals surface area contributed by atoms with Crippen LogP contribution in [0.3, 0.4) is 0 Å². The molecule has 3 nitrogen and oxygen atoms in total. The van der Waals surface area contributed by atoms with Crippen molar-refractivity contribution in [3.63, 3.8) is 0 Å². The molecule has 30 heavy (non-hydrogen) atoms. The highest BCUT2D eigenvalue weighted by Gasteiger charge is 2.14. The first-order chi connectivity index (χ1) is 14.3. The molecule has 3 heteroatoms. The van der Waals surface area contributed by atoms with Gasteiger partial charge in [0.2, 0.25) is 0 Å². The van der Waals surface area contributed by atoms with Crippen LogP contribution < -0.4 is 5.11 Å². The van der Waals surface area contributed by atoms with Crippen LogP contribution in [0.25, 0.3) is 0 Å². The zero-order chi connectivity index (χ0) is 22.7. The first-order valence-electron chi connectivity index (χ1n) is 11.6. The summed E-state index contributed by atoms with van der Waals surface area (Å²) in [6, 6.07) is 10.9. The minimum absolute atomic E-state index is 0.0648. The highest BCUT2D eigenvalue weighted by atomic mass is 16.4. The predicted molar refractivity (Wildman–Crippen MR) is 128 cm³/mol. The number of allylic oxidation sites excluding steroid dienone is 1. The Hall–Kier alpha value is -1.87. The molecule has 0 aliphatic carbocycles. The van der Waals surface area contributed by atoms with Crippen LogP contribution in [0.2, 0.25) is 0 Å². The van der Waals surface area contributed by atoms with Gasteiger partial charge in [0.05, 0.1) is 26.6 Å². The lowest BCUT2D eigenvalue weighted by atomic mass is 10.1. The first-order valence-corrected chi connectivity index (χ1v) is 11.6. The molecule has 0 saturated carbocycles. The number of aliphatic carboxylic acids is 1. The van der Waals surface area contributed by atoms with Crippen molar-refractivity contribution in [2.45, 2.75) is 84.1 Å². The molecule has 0 aromatic heterocycles. The summed E-state index contributed by atoms with van der Waals surface area (Å²) in [5.74, 6) is -1.19. The fourth-order valence-corrected chi connectivity index (χ4v) is 3.40. The number of carboxylic acid groups (broad SMARTS) is 1. The summed E-state index contributed by atoms with van der Waals surface area (Å²) in [6.07, 6.45) is 17.3. The smallest absolute Gasteiger partial charge is 0.104 e. The summed E-state index contributed by atoms with van der Waals surface area (Å²) in [7, 11) is 4.72. The van der Waals surface area contributed by atoms with Gasteiger partial charge in [-0.2, -0.15) is 0 Å². The molecule has 0 radical (unpaired) electrons. The number of quaternary nitrogens is 1. The topological polar surface area (TPSA) is 40.1 Å². The number of hydrogen-bond acceptors (Lipinski definition) is 2. The van der Waals surface area contributed by atoms with Crippen molar-refractivity contribution >= 4 is 5.97 Å². The van der Waals surface area contributed by atoms with E-state index in [1.807, 2.05) is 6.08 Å². The molecule has 1 aromatic carbocycles. The molecule has 0 spiro atoms. The van der Waals surface area contributed by atoms with E-state index >= 15 is 0 Å². The lowest BCUT2D eigenvalue weighted by Crippen LogP contribution is -2.39. The Kier molecular flexibility index (Phi) is 16.8. The molecule has 0 bridgehead atoms. The van der Waals surface area contributed by atoms with Gasteiger partial charge in [-0.05, 0) is 38.2 Å². The van der Waals surface area contributed by atoms with Crippen LogP contribution in [0, 0.1) is 0 Å². The second-order valence-electron chi connectivity index (χ2n) is 8.98. The minimum atomic E-state index is -1.19. The molecule has 0 amide bonds. The van der Waals surface area contributed by atoms with Crippen molar-refractivity contribution in [2.75, 3.05) is 20.6 Å². The SMILES string of the molecule is C=C(C)C(=O)[O-].C=CCCCCCCCCCCCC[N+](C)(C)Cc1ccccc1. The average molecular weight is 416 g/mol. The van der Waals surface area contributed by atoms with Gasteiger partial charge in [-0.15, -0.1) is 6.58 Å². The van der Waals surface area contributed by atoms with Crippen LogP contribution in [0.1, 0.15) is 83.1 Å². The molecule has 0 aliphatic heterocycles. The molecular weight excluding hydrogens is 370 g/mol. The third-order valence-corrected chi connectivity index (χ3v) is 5.22. The lowest BCUT2D eigenvalue weighted by Gasteiger charge is -2.30. The number of carbonyl (C=O) groups is 1. The maximum absolute atomic E-state index is 9.49. The summed E-state index contributed by atoms with van der Waals surface area (Å²) in [6.45, 7) is 10.7. The summed E-state index contributed by atoms with van der Waals surface area (Å²) < 4.78 is 1.11. The van der Waals surface area contributed by atoms with E-state index in [0.717, 1.165) is 11.0 Å². The standard InChI is InChI=1S/C23H40N.C4H6O2/c1-4-5-6-7-8-9-10-11-12-13-14-18-21-24(2,3)22-23-19-16-15-17-20-23;1-3(2)4(5)6/h4,15-17,19-20H,1,5-14,18,21-22H2,2-3H3;1H2,2H3,(H,5,6)/q+1;/p-1. The van der Waals surface area contributed by atoms with Crippen LogP contribution in [-0.4, -0.2) is 31.1 Å². The Morgan fingerprint density at radius 3 is 1.77 bits per heavy atom. The number of hydrogen-bond donors (Lipinski definition) is 0. The molecule has 0 atom stereocenters. The monoisotopic (exact) mass is 415 g/mol. The molecule has 170 valence electrons. The van der Waals surface area contributed by atoms with Crippen LogP contribution >= 0.6 is 0 Å². The van der Waals surface area contributed by atoms with E-state index in [2.05, 4.69) is 57.6 Å². The fourth-order valence-electron chi connectivity index (χ4n) is 3.40. The maximum atomic E-state index is 9.49. The Balaban J connectivity index is 0.00000122. The molecule has 0 heterocycles. The van der Waals surface area contributed by atoms with Gasteiger partial charge in [0, 0.05) is 5.56 Å². The zero-order valence-electron chi connectivity index (χ0n) is 19.8. The normalized spacial score (nSPS) is 10.8. The van der Waals surface area contributed by atoms with Crippen molar-refractivity contribution in [1.82, 2.24) is 0 Å². The third kappa shape index (κ3) is 18.2. The lowest BCUT2D eigenvalue weighted by molar-refractivity contribution is -0.903.